The molecule has 0 saturated carbocycles. The molecule has 0 amide bonds. The summed E-state index contributed by atoms with van der Waals surface area (Å²) in [4.78, 5) is 12.2. The minimum atomic E-state index is -0.115. The van der Waals surface area contributed by atoms with Gasteiger partial charge in [0.2, 0.25) is 5.78 Å². The molecule has 2 heterocycles. The second kappa shape index (κ2) is 8.27. The standard InChI is InChI=1S/C21H21ClN2O3/c1-4-24-19(9-10-23-24)20(25)8-7-16-5-6-17(27-16)13-26-18-11-14(2)21(22)15(3)12-18/h5-12H,4,13H2,1-3H3/b8-7+. The van der Waals surface area contributed by atoms with Crippen LogP contribution < -0.4 is 4.74 Å². The van der Waals surface area contributed by atoms with Gasteiger partial charge in [-0.1, -0.05) is 11.6 Å². The molecule has 140 valence electrons. The van der Waals surface area contributed by atoms with Gasteiger partial charge in [-0.05, 0) is 74.4 Å². The quantitative estimate of drug-likeness (QED) is 0.413. The van der Waals surface area contributed by atoms with Crippen LogP contribution >= 0.6 is 11.6 Å². The number of ether oxygens (including phenoxy) is 1. The summed E-state index contributed by atoms with van der Waals surface area (Å²) >= 11 is 6.17. The van der Waals surface area contributed by atoms with Crippen molar-refractivity contribution in [1.29, 1.82) is 0 Å². The number of allylic oxidation sites excluding steroid dienone is 1. The molecular weight excluding hydrogens is 364 g/mol. The molecule has 3 rings (SSSR count). The van der Waals surface area contributed by atoms with Gasteiger partial charge in [-0.3, -0.25) is 9.48 Å². The number of ketones is 1. The Labute approximate surface area is 163 Å². The Bertz CT molecular complexity index is 962. The number of hydrogen-bond donors (Lipinski definition) is 0. The van der Waals surface area contributed by atoms with E-state index in [2.05, 4.69) is 5.10 Å². The molecule has 0 saturated heterocycles. The third-order valence-corrected chi connectivity index (χ3v) is 4.74. The Kier molecular flexibility index (Phi) is 5.81. The van der Waals surface area contributed by atoms with Crippen molar-refractivity contribution < 1.29 is 13.9 Å². The molecule has 0 N–H and O–H groups in total. The monoisotopic (exact) mass is 384 g/mol. The first-order chi connectivity index (χ1) is 13.0. The third kappa shape index (κ3) is 4.49. The number of hydrogen-bond acceptors (Lipinski definition) is 4. The number of carbonyl (C=O) groups excluding carboxylic acids is 1. The maximum Gasteiger partial charge on any atom is 0.203 e. The first kappa shape index (κ1) is 19.0. The van der Waals surface area contributed by atoms with Crippen LogP contribution in [0.2, 0.25) is 5.02 Å². The Balaban J connectivity index is 1.62. The number of aromatic nitrogens is 2. The van der Waals surface area contributed by atoms with Crippen molar-refractivity contribution >= 4 is 23.5 Å². The highest BCUT2D eigenvalue weighted by Gasteiger charge is 2.09. The summed E-state index contributed by atoms with van der Waals surface area (Å²) < 4.78 is 13.1. The van der Waals surface area contributed by atoms with Gasteiger partial charge in [0, 0.05) is 17.8 Å². The number of carbonyl (C=O) groups is 1. The molecule has 0 atom stereocenters. The second-order valence-corrected chi connectivity index (χ2v) is 6.57. The molecule has 0 aliphatic rings. The Morgan fingerprint density at radius 2 is 2.00 bits per heavy atom. The van der Waals surface area contributed by atoms with Gasteiger partial charge in [0.1, 0.15) is 29.6 Å². The summed E-state index contributed by atoms with van der Waals surface area (Å²) in [6.07, 6.45) is 4.75. The van der Waals surface area contributed by atoms with Gasteiger partial charge in [-0.25, -0.2) is 0 Å². The molecule has 2 aromatic heterocycles. The van der Waals surface area contributed by atoms with Gasteiger partial charge < -0.3 is 9.15 Å². The van der Waals surface area contributed by atoms with E-state index in [0.717, 1.165) is 21.9 Å². The second-order valence-electron chi connectivity index (χ2n) is 6.19. The van der Waals surface area contributed by atoms with Crippen molar-refractivity contribution in [2.24, 2.45) is 0 Å². The zero-order chi connectivity index (χ0) is 19.4. The molecule has 1 aromatic carbocycles. The van der Waals surface area contributed by atoms with E-state index in [9.17, 15) is 4.79 Å². The molecule has 27 heavy (non-hydrogen) atoms. The Morgan fingerprint density at radius 3 is 2.70 bits per heavy atom. The highest BCUT2D eigenvalue weighted by molar-refractivity contribution is 6.32. The number of aryl methyl sites for hydroxylation is 3. The first-order valence-electron chi connectivity index (χ1n) is 8.70. The first-order valence-corrected chi connectivity index (χ1v) is 9.08. The van der Waals surface area contributed by atoms with Crippen LogP contribution in [0, 0.1) is 13.8 Å². The van der Waals surface area contributed by atoms with E-state index in [4.69, 9.17) is 20.8 Å². The van der Waals surface area contributed by atoms with Crippen LogP contribution in [0.1, 0.15) is 40.1 Å². The number of benzene rings is 1. The summed E-state index contributed by atoms with van der Waals surface area (Å²) in [5.41, 5.74) is 2.50. The minimum absolute atomic E-state index is 0.115. The average molecular weight is 385 g/mol. The van der Waals surface area contributed by atoms with E-state index in [-0.39, 0.29) is 5.78 Å². The van der Waals surface area contributed by atoms with E-state index in [1.807, 2.05) is 39.0 Å². The molecule has 0 aliphatic carbocycles. The van der Waals surface area contributed by atoms with Crippen LogP contribution in [0.25, 0.3) is 6.08 Å². The molecule has 5 nitrogen and oxygen atoms in total. The largest absolute Gasteiger partial charge is 0.486 e. The van der Waals surface area contributed by atoms with Crippen molar-refractivity contribution in [2.75, 3.05) is 0 Å². The molecular formula is C21H21ClN2O3. The fourth-order valence-corrected chi connectivity index (χ4v) is 2.85. The topological polar surface area (TPSA) is 57.3 Å². The average Bonchev–Trinajstić information content (AvgIpc) is 3.31. The number of furan rings is 1. The van der Waals surface area contributed by atoms with Crippen LogP contribution in [0.5, 0.6) is 5.75 Å². The van der Waals surface area contributed by atoms with Crippen LogP contribution in [-0.4, -0.2) is 15.6 Å². The maximum absolute atomic E-state index is 12.2. The normalized spacial score (nSPS) is 11.3. The summed E-state index contributed by atoms with van der Waals surface area (Å²) in [7, 11) is 0. The number of halogens is 1. The van der Waals surface area contributed by atoms with Gasteiger partial charge in [-0.15, -0.1) is 0 Å². The van der Waals surface area contributed by atoms with E-state index < -0.39 is 0 Å². The highest BCUT2D eigenvalue weighted by Crippen LogP contribution is 2.26. The van der Waals surface area contributed by atoms with Crippen molar-refractivity contribution in [1.82, 2.24) is 9.78 Å². The van der Waals surface area contributed by atoms with Gasteiger partial charge in [-0.2, -0.15) is 5.10 Å². The molecule has 0 aliphatic heterocycles. The van der Waals surface area contributed by atoms with Crippen LogP contribution in [0.15, 0.2) is 47.0 Å². The predicted molar refractivity (Wildman–Crippen MR) is 105 cm³/mol. The van der Waals surface area contributed by atoms with Gasteiger partial charge in [0.05, 0.1) is 0 Å². The minimum Gasteiger partial charge on any atom is -0.486 e. The number of rotatable bonds is 7. The molecule has 6 heteroatoms. The van der Waals surface area contributed by atoms with E-state index in [0.29, 0.717) is 30.4 Å². The van der Waals surface area contributed by atoms with Crippen LogP contribution in [0.4, 0.5) is 0 Å². The summed E-state index contributed by atoms with van der Waals surface area (Å²) in [6.45, 7) is 6.77. The van der Waals surface area contributed by atoms with Gasteiger partial charge in [0.25, 0.3) is 0 Å². The van der Waals surface area contributed by atoms with E-state index in [1.165, 1.54) is 6.08 Å². The van der Waals surface area contributed by atoms with Gasteiger partial charge >= 0.3 is 0 Å². The number of nitrogens with zero attached hydrogens (tertiary/aromatic N) is 2. The fourth-order valence-electron chi connectivity index (χ4n) is 2.74. The zero-order valence-electron chi connectivity index (χ0n) is 15.5. The van der Waals surface area contributed by atoms with Gasteiger partial charge in [0.15, 0.2) is 0 Å². The molecule has 0 radical (unpaired) electrons. The fraction of sp³-hybridized carbons (Fsp3) is 0.238. The Morgan fingerprint density at radius 1 is 1.26 bits per heavy atom. The smallest absolute Gasteiger partial charge is 0.203 e. The Hall–Kier alpha value is -2.79. The maximum atomic E-state index is 12.2. The zero-order valence-corrected chi connectivity index (χ0v) is 16.3. The lowest BCUT2D eigenvalue weighted by Gasteiger charge is -2.08. The molecule has 0 unspecified atom stereocenters. The molecule has 3 aromatic rings. The summed E-state index contributed by atoms with van der Waals surface area (Å²) in [5, 5.41) is 4.85. The lowest BCUT2D eigenvalue weighted by Crippen LogP contribution is -2.07. The van der Waals surface area contributed by atoms with Crippen molar-refractivity contribution in [2.45, 2.75) is 33.9 Å². The highest BCUT2D eigenvalue weighted by atomic mass is 35.5. The predicted octanol–water partition coefficient (Wildman–Crippen LogP) is 5.24. The molecule has 0 bridgehead atoms. The molecule has 0 fully saturated rings. The van der Waals surface area contributed by atoms with E-state index >= 15 is 0 Å². The molecule has 0 spiro atoms. The lowest BCUT2D eigenvalue weighted by molar-refractivity contribution is 0.103. The third-order valence-electron chi connectivity index (χ3n) is 4.14. The van der Waals surface area contributed by atoms with Crippen molar-refractivity contribution in [3.05, 3.63) is 76.0 Å². The van der Waals surface area contributed by atoms with Crippen molar-refractivity contribution in [3.8, 4) is 5.75 Å². The lowest BCUT2D eigenvalue weighted by atomic mass is 10.1. The van der Waals surface area contributed by atoms with Crippen LogP contribution in [0.3, 0.4) is 0 Å². The van der Waals surface area contributed by atoms with E-state index in [1.54, 1.807) is 29.1 Å². The van der Waals surface area contributed by atoms with Crippen LogP contribution in [-0.2, 0) is 13.2 Å². The summed E-state index contributed by atoms with van der Waals surface area (Å²) in [6, 6.07) is 9.13. The SMILES string of the molecule is CCn1nccc1C(=O)/C=C/c1ccc(COc2cc(C)c(Cl)c(C)c2)o1. The summed E-state index contributed by atoms with van der Waals surface area (Å²) in [5.74, 6) is 1.89. The van der Waals surface area contributed by atoms with Crippen molar-refractivity contribution in [3.63, 3.8) is 0 Å².